The summed E-state index contributed by atoms with van der Waals surface area (Å²) in [6.07, 6.45) is 6.43. The molecule has 0 saturated heterocycles. The van der Waals surface area contributed by atoms with E-state index in [1.807, 2.05) is 0 Å². The van der Waals surface area contributed by atoms with Gasteiger partial charge in [0.05, 0.1) is 5.41 Å². The molecule has 2 heteroatoms. The van der Waals surface area contributed by atoms with Gasteiger partial charge in [-0.3, -0.25) is 0 Å². The molecule has 1 aliphatic rings. The zero-order valence-electron chi connectivity index (χ0n) is 42.3. The topological polar surface area (TPSA) is 6.48 Å². The van der Waals surface area contributed by atoms with Gasteiger partial charge in [0.25, 0.3) is 0 Å². The van der Waals surface area contributed by atoms with E-state index in [0.29, 0.717) is 0 Å². The predicted molar refractivity (Wildman–Crippen MR) is 318 cm³/mol. The number of hydrogen-bond acceptors (Lipinski definition) is 2. The number of allylic oxidation sites excluding steroid dienone is 4. The summed E-state index contributed by atoms with van der Waals surface area (Å²) in [5.41, 5.74) is 23.0. The third-order valence-corrected chi connectivity index (χ3v) is 14.9. The van der Waals surface area contributed by atoms with Crippen molar-refractivity contribution in [2.45, 2.75) is 19.3 Å². The molecule has 0 bridgehead atoms. The van der Waals surface area contributed by atoms with E-state index in [4.69, 9.17) is 0 Å². The largest absolute Gasteiger partial charge is 0.311 e. The molecule has 0 atom stereocenters. The smallest absolute Gasteiger partial charge is 0.0713 e. The van der Waals surface area contributed by atoms with Gasteiger partial charge in [-0.05, 0) is 165 Å². The summed E-state index contributed by atoms with van der Waals surface area (Å²) >= 11 is 0. The van der Waals surface area contributed by atoms with E-state index in [2.05, 4.69) is 327 Å². The van der Waals surface area contributed by atoms with E-state index in [-0.39, 0.29) is 0 Å². The summed E-state index contributed by atoms with van der Waals surface area (Å²) in [5, 5.41) is 0. The fraction of sp³-hybridized carbons (Fsp3) is 0.0411. The molecule has 0 N–H and O–H groups in total. The summed E-state index contributed by atoms with van der Waals surface area (Å²) in [6, 6.07) is 104. The molecule has 0 unspecified atom stereocenters. The number of nitrogens with zero attached hydrogens (tertiary/aromatic N) is 2. The second-order valence-electron chi connectivity index (χ2n) is 19.1. The molecule has 12 rings (SSSR count). The zero-order chi connectivity index (χ0) is 50.6. The maximum Gasteiger partial charge on any atom is 0.0713 e. The van der Waals surface area contributed by atoms with E-state index < -0.39 is 5.41 Å². The van der Waals surface area contributed by atoms with Crippen LogP contribution in [0.5, 0.6) is 0 Å². The molecule has 0 spiro atoms. The van der Waals surface area contributed by atoms with Crippen LogP contribution in [-0.2, 0) is 5.41 Å². The third-order valence-electron chi connectivity index (χ3n) is 14.9. The standard InChI is InChI=1S/C73H56N2/c1-3-18-53(4-2)57-29-41-63(42-30-57)74(64-43-31-58(32-44-64)54-19-8-5-9-20-54)67-49-37-61(38-50-67)73(71-27-16-14-25-69(71)70-26-15-17-28-72(70)73)62-39-51-68(52-40-62)75(65-45-33-59(34-46-65)55-21-10-6-11-22-55)66-47-35-60(36-48-66)56-23-12-7-13-24-56/h3-52H,1-2H3/b18-3-,53-4+. The molecule has 75 heavy (non-hydrogen) atoms. The highest BCUT2D eigenvalue weighted by Gasteiger charge is 2.46. The van der Waals surface area contributed by atoms with Crippen molar-refractivity contribution in [2.75, 3.05) is 9.80 Å². The molecule has 0 aromatic heterocycles. The van der Waals surface area contributed by atoms with Crippen LogP contribution in [0, 0.1) is 0 Å². The number of anilines is 6. The van der Waals surface area contributed by atoms with E-state index >= 15 is 0 Å². The van der Waals surface area contributed by atoms with Gasteiger partial charge in [-0.25, -0.2) is 0 Å². The van der Waals surface area contributed by atoms with Gasteiger partial charge in [0.1, 0.15) is 0 Å². The Labute approximate surface area is 442 Å². The molecule has 0 radical (unpaired) electrons. The van der Waals surface area contributed by atoms with E-state index in [0.717, 1.165) is 34.1 Å². The number of rotatable bonds is 13. The third kappa shape index (κ3) is 8.77. The van der Waals surface area contributed by atoms with Crippen LogP contribution in [0.4, 0.5) is 34.1 Å². The van der Waals surface area contributed by atoms with E-state index in [1.165, 1.54) is 77.9 Å². The maximum atomic E-state index is 2.37. The average Bonchev–Trinajstić information content (AvgIpc) is 3.93. The first kappa shape index (κ1) is 46.6. The van der Waals surface area contributed by atoms with E-state index in [1.54, 1.807) is 0 Å². The quantitative estimate of drug-likeness (QED) is 0.106. The van der Waals surface area contributed by atoms with Gasteiger partial charge in [-0.15, -0.1) is 0 Å². The van der Waals surface area contributed by atoms with Crippen LogP contribution in [0.15, 0.2) is 303 Å². The molecule has 0 heterocycles. The van der Waals surface area contributed by atoms with Crippen LogP contribution in [0.1, 0.15) is 41.7 Å². The number of fused-ring (bicyclic) bond motifs is 3. The molecular weight excluding hydrogens is 905 g/mol. The second-order valence-corrected chi connectivity index (χ2v) is 19.1. The molecule has 358 valence electrons. The Hall–Kier alpha value is -9.50. The Morgan fingerprint density at radius 2 is 0.573 bits per heavy atom. The monoisotopic (exact) mass is 960 g/mol. The summed E-state index contributed by atoms with van der Waals surface area (Å²) < 4.78 is 0. The van der Waals surface area contributed by atoms with Crippen molar-refractivity contribution in [3.8, 4) is 44.5 Å². The van der Waals surface area contributed by atoms with Gasteiger partial charge in [0.2, 0.25) is 0 Å². The highest BCUT2D eigenvalue weighted by atomic mass is 15.1. The first-order valence-electron chi connectivity index (χ1n) is 26.0. The van der Waals surface area contributed by atoms with Crippen molar-refractivity contribution in [2.24, 2.45) is 0 Å². The highest BCUT2D eigenvalue weighted by Crippen LogP contribution is 2.56. The van der Waals surface area contributed by atoms with Gasteiger partial charge in [-0.2, -0.15) is 0 Å². The fourth-order valence-corrected chi connectivity index (χ4v) is 11.3. The molecule has 0 saturated carbocycles. The van der Waals surface area contributed by atoms with Crippen molar-refractivity contribution in [1.82, 2.24) is 0 Å². The summed E-state index contributed by atoms with van der Waals surface area (Å²) in [4.78, 5) is 4.75. The highest BCUT2D eigenvalue weighted by molar-refractivity contribution is 5.88. The number of hydrogen-bond donors (Lipinski definition) is 0. The van der Waals surface area contributed by atoms with E-state index in [9.17, 15) is 0 Å². The minimum atomic E-state index is -0.594. The molecule has 2 nitrogen and oxygen atoms in total. The van der Waals surface area contributed by atoms with Crippen LogP contribution in [-0.4, -0.2) is 0 Å². The van der Waals surface area contributed by atoms with Crippen LogP contribution < -0.4 is 9.80 Å². The fourth-order valence-electron chi connectivity index (χ4n) is 11.3. The van der Waals surface area contributed by atoms with Crippen LogP contribution in [0.25, 0.3) is 50.1 Å². The average molecular weight is 961 g/mol. The van der Waals surface area contributed by atoms with Gasteiger partial charge < -0.3 is 9.80 Å². The normalized spacial score (nSPS) is 12.5. The van der Waals surface area contributed by atoms with Gasteiger partial charge in [0, 0.05) is 34.1 Å². The number of benzene rings is 11. The maximum absolute atomic E-state index is 2.37. The minimum absolute atomic E-state index is 0.594. The Kier molecular flexibility index (Phi) is 12.8. The zero-order valence-corrected chi connectivity index (χ0v) is 42.3. The second kappa shape index (κ2) is 20.5. The molecule has 0 aliphatic heterocycles. The van der Waals surface area contributed by atoms with Crippen LogP contribution >= 0.6 is 0 Å². The first-order chi connectivity index (χ1) is 37.1. The molecule has 0 fully saturated rings. The van der Waals surface area contributed by atoms with Gasteiger partial charge in [0.15, 0.2) is 0 Å². The summed E-state index contributed by atoms with van der Waals surface area (Å²) in [5.74, 6) is 0. The summed E-state index contributed by atoms with van der Waals surface area (Å²) in [7, 11) is 0. The summed E-state index contributed by atoms with van der Waals surface area (Å²) in [6.45, 7) is 4.17. The molecule has 11 aromatic carbocycles. The van der Waals surface area contributed by atoms with Crippen molar-refractivity contribution in [1.29, 1.82) is 0 Å². The van der Waals surface area contributed by atoms with Gasteiger partial charge >= 0.3 is 0 Å². The van der Waals surface area contributed by atoms with Crippen molar-refractivity contribution >= 4 is 39.7 Å². The predicted octanol–water partition coefficient (Wildman–Crippen LogP) is 20.0. The lowest BCUT2D eigenvalue weighted by molar-refractivity contribution is 0.768. The van der Waals surface area contributed by atoms with Crippen molar-refractivity contribution in [3.05, 3.63) is 331 Å². The lowest BCUT2D eigenvalue weighted by Gasteiger charge is -2.35. The van der Waals surface area contributed by atoms with Crippen molar-refractivity contribution < 1.29 is 0 Å². The Morgan fingerprint density at radius 3 is 0.893 bits per heavy atom. The van der Waals surface area contributed by atoms with Crippen LogP contribution in [0.2, 0.25) is 0 Å². The first-order valence-corrected chi connectivity index (χ1v) is 26.0. The molecule has 11 aromatic rings. The lowest BCUT2D eigenvalue weighted by atomic mass is 9.67. The Bertz CT molecular complexity index is 3640. The van der Waals surface area contributed by atoms with Crippen LogP contribution in [0.3, 0.4) is 0 Å². The SMILES string of the molecule is C/C=C\C(=C/C)c1ccc(N(c2ccc(-c3ccccc3)cc2)c2ccc(C3(c4ccc(N(c5ccc(-c6ccccc6)cc5)c5ccc(-c6ccccc6)cc5)cc4)c4ccccc4-c4ccccc43)cc2)cc1. The molecule has 0 amide bonds. The minimum Gasteiger partial charge on any atom is -0.311 e. The van der Waals surface area contributed by atoms with Gasteiger partial charge in [-0.1, -0.05) is 231 Å². The Balaban J connectivity index is 0.973. The lowest BCUT2D eigenvalue weighted by Crippen LogP contribution is -2.28. The molecular formula is C73H56N2. The molecule has 1 aliphatic carbocycles. The van der Waals surface area contributed by atoms with Crippen molar-refractivity contribution in [3.63, 3.8) is 0 Å². The Morgan fingerprint density at radius 1 is 0.293 bits per heavy atom.